The Balaban J connectivity index is 1.84. The van der Waals surface area contributed by atoms with E-state index in [4.69, 9.17) is 28.4 Å². The standard InChI is InChI=1S/C51H88O15/c1-3-5-7-9-11-13-15-17-19-21-23-25-27-29-31-33-42(53)61-36-39(64-43(54)34-32-30-28-26-24-22-20-18-16-14-12-10-8-6-4-2)37-62-50-49(60)47(58)45(56)41(66-50)38-63-51-48(59)46(57)44(55)40(35-52)65-51/h6,8,12,14,18,20,27,29,39-41,44-52,55-60H,3-5,7,9-11,13,15-17,19,21-26,28,30-38H2,1-2H3/b8-6+,14-12+,20-18+,29-27+/t39-,40-,41-,44+,45+,46?,47?,48?,49?,50-,51-/m1/s1. The van der Waals surface area contributed by atoms with E-state index in [9.17, 15) is 45.3 Å². The van der Waals surface area contributed by atoms with E-state index < -0.39 is 99.3 Å². The van der Waals surface area contributed by atoms with E-state index in [1.807, 2.05) is 6.08 Å². The van der Waals surface area contributed by atoms with Crippen molar-refractivity contribution < 1.29 is 73.8 Å². The maximum Gasteiger partial charge on any atom is 0.306 e. The SMILES string of the molecule is CC/C=C/C/C=C/C/C=C/CCCCCCCC(=O)O[C@H](COC(=O)CC/C=C/CCCCCCCCCCCCC)CO[C@@H]1O[C@H](CO[C@@H]2O[C@H](CO)[C@H](O)C(O)C2O)[C@H](O)C(O)C1O. The molecule has 15 nitrogen and oxygen atoms in total. The summed E-state index contributed by atoms with van der Waals surface area (Å²) in [5, 5.41) is 72.0. The fraction of sp³-hybridized carbons (Fsp3) is 0.804. The molecule has 2 aliphatic rings. The molecule has 2 fully saturated rings. The molecule has 0 spiro atoms. The first kappa shape index (κ1) is 59.6. The molecule has 0 saturated carbocycles. The molecule has 0 amide bonds. The Morgan fingerprint density at radius 2 is 0.985 bits per heavy atom. The molecule has 15 heteroatoms. The second kappa shape index (κ2) is 38.3. The minimum atomic E-state index is -1.77. The minimum Gasteiger partial charge on any atom is -0.462 e. The highest BCUT2D eigenvalue weighted by atomic mass is 16.7. The highest BCUT2D eigenvalue weighted by Crippen LogP contribution is 2.26. The molecule has 0 aromatic heterocycles. The van der Waals surface area contributed by atoms with Crippen LogP contribution in [-0.2, 0) is 38.0 Å². The minimum absolute atomic E-state index is 0.130. The zero-order valence-corrected chi connectivity index (χ0v) is 40.2. The monoisotopic (exact) mass is 941 g/mol. The van der Waals surface area contributed by atoms with E-state index >= 15 is 0 Å². The summed E-state index contributed by atoms with van der Waals surface area (Å²) in [7, 11) is 0. The van der Waals surface area contributed by atoms with Gasteiger partial charge in [0, 0.05) is 12.8 Å². The molecule has 0 aliphatic carbocycles. The van der Waals surface area contributed by atoms with Crippen molar-refractivity contribution in [3.05, 3.63) is 48.6 Å². The number of aliphatic hydroxyl groups excluding tert-OH is 7. The molecule has 0 bridgehead atoms. The average Bonchev–Trinajstić information content (AvgIpc) is 3.31. The molecule has 2 heterocycles. The lowest BCUT2D eigenvalue weighted by molar-refractivity contribution is -0.332. The molecular formula is C51H88O15. The van der Waals surface area contributed by atoms with E-state index in [0.29, 0.717) is 12.8 Å². The zero-order valence-electron chi connectivity index (χ0n) is 40.2. The second-order valence-electron chi connectivity index (χ2n) is 17.6. The highest BCUT2D eigenvalue weighted by Gasteiger charge is 2.47. The van der Waals surface area contributed by atoms with Gasteiger partial charge in [-0.25, -0.2) is 0 Å². The van der Waals surface area contributed by atoms with Gasteiger partial charge in [-0.05, 0) is 57.8 Å². The number of hydrogen-bond donors (Lipinski definition) is 7. The van der Waals surface area contributed by atoms with Crippen LogP contribution in [-0.4, -0.2) is 142 Å². The summed E-state index contributed by atoms with van der Waals surface area (Å²) in [6.07, 6.45) is 24.4. The van der Waals surface area contributed by atoms with Gasteiger partial charge in [-0.2, -0.15) is 0 Å². The first-order valence-electron chi connectivity index (χ1n) is 25.2. The molecule has 0 radical (unpaired) electrons. The summed E-state index contributed by atoms with van der Waals surface area (Å²) >= 11 is 0. The van der Waals surface area contributed by atoms with Crippen LogP contribution >= 0.6 is 0 Å². The van der Waals surface area contributed by atoms with Crippen molar-refractivity contribution in [3.8, 4) is 0 Å². The largest absolute Gasteiger partial charge is 0.462 e. The molecule has 66 heavy (non-hydrogen) atoms. The van der Waals surface area contributed by atoms with Gasteiger partial charge in [0.2, 0.25) is 0 Å². The normalized spacial score (nSPS) is 26.6. The fourth-order valence-electron chi connectivity index (χ4n) is 7.66. The average molecular weight is 941 g/mol. The smallest absolute Gasteiger partial charge is 0.306 e. The van der Waals surface area contributed by atoms with Gasteiger partial charge >= 0.3 is 11.9 Å². The van der Waals surface area contributed by atoms with Crippen LogP contribution in [0.4, 0.5) is 0 Å². The number of ether oxygens (including phenoxy) is 6. The van der Waals surface area contributed by atoms with Crippen molar-refractivity contribution in [2.45, 2.75) is 235 Å². The van der Waals surface area contributed by atoms with Crippen molar-refractivity contribution in [3.63, 3.8) is 0 Å². The Labute approximate surface area is 395 Å². The summed E-state index contributed by atoms with van der Waals surface area (Å²) in [5.74, 6) is -1.00. The number of esters is 2. The van der Waals surface area contributed by atoms with Gasteiger partial charge in [0.05, 0.1) is 19.8 Å². The third-order valence-corrected chi connectivity index (χ3v) is 11.8. The van der Waals surface area contributed by atoms with Crippen molar-refractivity contribution in [1.29, 1.82) is 0 Å². The van der Waals surface area contributed by atoms with E-state index in [2.05, 4.69) is 56.4 Å². The van der Waals surface area contributed by atoms with Crippen LogP contribution in [0, 0.1) is 0 Å². The maximum absolute atomic E-state index is 13.0. The maximum atomic E-state index is 13.0. The van der Waals surface area contributed by atoms with Crippen LogP contribution in [0.15, 0.2) is 48.6 Å². The Kier molecular flexibility index (Phi) is 34.6. The van der Waals surface area contributed by atoms with Crippen molar-refractivity contribution in [2.75, 3.05) is 26.4 Å². The summed E-state index contributed by atoms with van der Waals surface area (Å²) in [4.78, 5) is 25.7. The lowest BCUT2D eigenvalue weighted by Crippen LogP contribution is -2.61. The van der Waals surface area contributed by atoms with Gasteiger partial charge in [-0.1, -0.05) is 146 Å². The third kappa shape index (κ3) is 26.3. The Morgan fingerprint density at radius 3 is 1.58 bits per heavy atom. The second-order valence-corrected chi connectivity index (χ2v) is 17.6. The quantitative estimate of drug-likeness (QED) is 0.0194. The van der Waals surface area contributed by atoms with Crippen LogP contribution in [0.5, 0.6) is 0 Å². The number of unbranched alkanes of at least 4 members (excludes halogenated alkanes) is 16. The van der Waals surface area contributed by atoms with Gasteiger partial charge in [0.25, 0.3) is 0 Å². The zero-order chi connectivity index (χ0) is 48.2. The van der Waals surface area contributed by atoms with E-state index in [1.165, 1.54) is 64.2 Å². The molecule has 0 aromatic carbocycles. The number of aliphatic hydroxyl groups is 7. The van der Waals surface area contributed by atoms with Crippen molar-refractivity contribution in [1.82, 2.24) is 0 Å². The van der Waals surface area contributed by atoms with Gasteiger partial charge in [0.1, 0.15) is 55.4 Å². The van der Waals surface area contributed by atoms with Crippen LogP contribution < -0.4 is 0 Å². The van der Waals surface area contributed by atoms with Crippen LogP contribution in [0.2, 0.25) is 0 Å². The summed E-state index contributed by atoms with van der Waals surface area (Å²) < 4.78 is 33.5. The molecule has 0 aromatic rings. The molecule has 382 valence electrons. The van der Waals surface area contributed by atoms with Gasteiger partial charge in [0.15, 0.2) is 18.7 Å². The first-order valence-corrected chi connectivity index (χ1v) is 25.2. The van der Waals surface area contributed by atoms with Crippen LogP contribution in [0.25, 0.3) is 0 Å². The number of carbonyl (C=O) groups excluding carboxylic acids is 2. The van der Waals surface area contributed by atoms with E-state index in [0.717, 1.165) is 64.2 Å². The number of allylic oxidation sites excluding steroid dienone is 8. The number of carbonyl (C=O) groups is 2. The number of rotatable bonds is 38. The molecule has 2 rings (SSSR count). The summed E-state index contributed by atoms with van der Waals surface area (Å²) in [6, 6.07) is 0. The molecule has 4 unspecified atom stereocenters. The van der Waals surface area contributed by atoms with Gasteiger partial charge < -0.3 is 64.2 Å². The Bertz CT molecular complexity index is 1340. The number of hydrogen-bond acceptors (Lipinski definition) is 15. The van der Waals surface area contributed by atoms with Gasteiger partial charge in [-0.15, -0.1) is 0 Å². The molecular weight excluding hydrogens is 853 g/mol. The molecule has 7 N–H and O–H groups in total. The van der Waals surface area contributed by atoms with E-state index in [1.54, 1.807) is 0 Å². The topological polar surface area (TPSA) is 231 Å². The summed E-state index contributed by atoms with van der Waals surface area (Å²) in [5.41, 5.74) is 0. The molecule has 2 saturated heterocycles. The lowest BCUT2D eigenvalue weighted by atomic mass is 9.98. The van der Waals surface area contributed by atoms with Crippen LogP contribution in [0.3, 0.4) is 0 Å². The molecule has 2 aliphatic heterocycles. The predicted molar refractivity (Wildman–Crippen MR) is 252 cm³/mol. The Morgan fingerprint density at radius 1 is 0.500 bits per heavy atom. The predicted octanol–water partition coefficient (Wildman–Crippen LogP) is 6.71. The lowest BCUT2D eigenvalue weighted by Gasteiger charge is -2.42. The van der Waals surface area contributed by atoms with E-state index in [-0.39, 0.29) is 19.4 Å². The van der Waals surface area contributed by atoms with Crippen molar-refractivity contribution in [2.24, 2.45) is 0 Å². The van der Waals surface area contributed by atoms with Crippen LogP contribution in [0.1, 0.15) is 168 Å². The highest BCUT2D eigenvalue weighted by molar-refractivity contribution is 5.70. The van der Waals surface area contributed by atoms with Gasteiger partial charge in [-0.3, -0.25) is 9.59 Å². The third-order valence-electron chi connectivity index (χ3n) is 11.8. The fourth-order valence-corrected chi connectivity index (χ4v) is 7.66. The molecule has 11 atom stereocenters. The van der Waals surface area contributed by atoms with Crippen molar-refractivity contribution >= 4 is 11.9 Å². The first-order chi connectivity index (χ1) is 32.0. The Hall–Kier alpha value is -2.54. The summed E-state index contributed by atoms with van der Waals surface area (Å²) in [6.45, 7) is 2.41.